The number of esters is 1. The summed E-state index contributed by atoms with van der Waals surface area (Å²) < 4.78 is 5.62. The van der Waals surface area contributed by atoms with Crippen molar-refractivity contribution < 1.29 is 19.4 Å². The largest absolute Gasteiger partial charge is 0.481 e. The predicted molar refractivity (Wildman–Crippen MR) is 126 cm³/mol. The van der Waals surface area contributed by atoms with Gasteiger partial charge in [0.1, 0.15) is 6.10 Å². The van der Waals surface area contributed by atoms with Crippen molar-refractivity contribution in [2.45, 2.75) is 155 Å². The Kier molecular flexibility index (Phi) is 21.8. The van der Waals surface area contributed by atoms with Crippen LogP contribution in [0.15, 0.2) is 0 Å². The van der Waals surface area contributed by atoms with Crippen molar-refractivity contribution in [1.29, 1.82) is 0 Å². The van der Waals surface area contributed by atoms with Crippen LogP contribution in [0.3, 0.4) is 0 Å². The van der Waals surface area contributed by atoms with Gasteiger partial charge in [-0.15, -0.1) is 0 Å². The third-order valence-electron chi connectivity index (χ3n) is 5.83. The van der Waals surface area contributed by atoms with Gasteiger partial charge in [-0.05, 0) is 25.7 Å². The molecule has 0 radical (unpaired) electrons. The van der Waals surface area contributed by atoms with Crippen molar-refractivity contribution >= 4 is 11.9 Å². The predicted octanol–water partition coefficient (Wildman–Crippen LogP) is 8.21. The molecular weight excluding hydrogens is 376 g/mol. The molecule has 1 atom stereocenters. The highest BCUT2D eigenvalue weighted by atomic mass is 16.5. The summed E-state index contributed by atoms with van der Waals surface area (Å²) in [5.74, 6) is -0.886. The number of hydrogen-bond donors (Lipinski definition) is 1. The van der Waals surface area contributed by atoms with Crippen molar-refractivity contribution in [3.63, 3.8) is 0 Å². The maximum Gasteiger partial charge on any atom is 0.306 e. The molecule has 0 aliphatic carbocycles. The minimum Gasteiger partial charge on any atom is -0.481 e. The smallest absolute Gasteiger partial charge is 0.306 e. The van der Waals surface area contributed by atoms with Crippen molar-refractivity contribution in [1.82, 2.24) is 0 Å². The van der Waals surface area contributed by atoms with E-state index >= 15 is 0 Å². The van der Waals surface area contributed by atoms with E-state index in [9.17, 15) is 9.59 Å². The maximum absolute atomic E-state index is 12.1. The molecule has 0 amide bonds. The second-order valence-corrected chi connectivity index (χ2v) is 8.89. The summed E-state index contributed by atoms with van der Waals surface area (Å²) in [5.41, 5.74) is 0. The number of hydrogen-bond acceptors (Lipinski definition) is 3. The number of carbonyl (C=O) groups is 2. The lowest BCUT2D eigenvalue weighted by molar-refractivity contribution is -0.150. The Morgan fingerprint density at radius 2 is 1.03 bits per heavy atom. The number of unbranched alkanes of at least 4 members (excludes halogenated alkanes) is 14. The van der Waals surface area contributed by atoms with Gasteiger partial charge in [0, 0.05) is 12.8 Å². The van der Waals surface area contributed by atoms with Gasteiger partial charge in [0.2, 0.25) is 0 Å². The van der Waals surface area contributed by atoms with Crippen molar-refractivity contribution in [2.24, 2.45) is 0 Å². The third-order valence-corrected chi connectivity index (χ3v) is 5.83. The van der Waals surface area contributed by atoms with E-state index < -0.39 is 5.97 Å². The summed E-state index contributed by atoms with van der Waals surface area (Å²) in [6.07, 6.45) is 23.0. The average Bonchev–Trinajstić information content (AvgIpc) is 2.71. The molecule has 0 bridgehead atoms. The fraction of sp³-hybridized carbons (Fsp3) is 0.923. The van der Waals surface area contributed by atoms with Crippen LogP contribution in [0, 0.1) is 0 Å². The normalized spacial score (nSPS) is 12.1. The molecular formula is C26H50O4. The Bertz CT molecular complexity index is 394. The van der Waals surface area contributed by atoms with Gasteiger partial charge < -0.3 is 9.84 Å². The Labute approximate surface area is 186 Å². The molecule has 0 aromatic heterocycles. The van der Waals surface area contributed by atoms with Gasteiger partial charge in [-0.25, -0.2) is 0 Å². The number of carboxylic acid groups (broad SMARTS) is 1. The molecule has 0 aromatic carbocycles. The summed E-state index contributed by atoms with van der Waals surface area (Å²) in [5, 5.41) is 8.77. The molecule has 0 saturated heterocycles. The lowest BCUT2D eigenvalue weighted by atomic mass is 10.0. The maximum atomic E-state index is 12.1. The first-order valence-corrected chi connectivity index (χ1v) is 13.0. The van der Waals surface area contributed by atoms with E-state index in [2.05, 4.69) is 13.8 Å². The minimum absolute atomic E-state index is 0.106. The number of aliphatic carboxylic acids is 1. The van der Waals surface area contributed by atoms with E-state index in [0.717, 1.165) is 32.1 Å². The summed E-state index contributed by atoms with van der Waals surface area (Å²) in [6, 6.07) is 0. The summed E-state index contributed by atoms with van der Waals surface area (Å²) in [7, 11) is 0. The second kappa shape index (κ2) is 22.6. The molecule has 178 valence electrons. The highest BCUT2D eigenvalue weighted by Crippen LogP contribution is 2.16. The van der Waals surface area contributed by atoms with E-state index in [4.69, 9.17) is 9.84 Å². The van der Waals surface area contributed by atoms with Crippen LogP contribution < -0.4 is 0 Å². The lowest BCUT2D eigenvalue weighted by Gasteiger charge is -2.17. The van der Waals surface area contributed by atoms with Gasteiger partial charge in [-0.3, -0.25) is 9.59 Å². The first-order chi connectivity index (χ1) is 14.6. The van der Waals surface area contributed by atoms with E-state index in [-0.39, 0.29) is 18.5 Å². The minimum atomic E-state index is -0.780. The molecule has 0 aliphatic rings. The van der Waals surface area contributed by atoms with Gasteiger partial charge in [-0.2, -0.15) is 0 Å². The molecule has 0 aromatic rings. The average molecular weight is 427 g/mol. The Balaban J connectivity index is 3.55. The molecule has 0 fully saturated rings. The van der Waals surface area contributed by atoms with Crippen molar-refractivity contribution in [2.75, 3.05) is 0 Å². The molecule has 0 heterocycles. The molecule has 0 saturated carbocycles. The van der Waals surface area contributed by atoms with Gasteiger partial charge >= 0.3 is 11.9 Å². The lowest BCUT2D eigenvalue weighted by Crippen LogP contribution is -2.18. The summed E-state index contributed by atoms with van der Waals surface area (Å²) >= 11 is 0. The Morgan fingerprint density at radius 1 is 0.600 bits per heavy atom. The van der Waals surface area contributed by atoms with Crippen LogP contribution in [-0.4, -0.2) is 23.1 Å². The van der Waals surface area contributed by atoms with Crippen LogP contribution in [0.5, 0.6) is 0 Å². The molecule has 0 rings (SSSR count). The molecule has 0 aliphatic heterocycles. The van der Waals surface area contributed by atoms with Crippen LogP contribution in [0.25, 0.3) is 0 Å². The summed E-state index contributed by atoms with van der Waals surface area (Å²) in [6.45, 7) is 4.38. The molecule has 1 N–H and O–H groups in total. The topological polar surface area (TPSA) is 63.6 Å². The first-order valence-electron chi connectivity index (χ1n) is 13.0. The molecule has 0 spiro atoms. The number of rotatable bonds is 23. The third kappa shape index (κ3) is 21.6. The number of ether oxygens (including phenoxy) is 1. The Hall–Kier alpha value is -1.06. The van der Waals surface area contributed by atoms with E-state index in [1.54, 1.807) is 0 Å². The van der Waals surface area contributed by atoms with Crippen molar-refractivity contribution in [3.8, 4) is 0 Å². The van der Waals surface area contributed by atoms with Gasteiger partial charge in [0.25, 0.3) is 0 Å². The van der Waals surface area contributed by atoms with Gasteiger partial charge in [0.05, 0.1) is 0 Å². The highest BCUT2D eigenvalue weighted by Gasteiger charge is 2.14. The zero-order valence-corrected chi connectivity index (χ0v) is 20.1. The van der Waals surface area contributed by atoms with E-state index in [1.807, 2.05) is 0 Å². The molecule has 4 nitrogen and oxygen atoms in total. The zero-order chi connectivity index (χ0) is 22.3. The number of carbonyl (C=O) groups excluding carboxylic acids is 1. The molecule has 1 unspecified atom stereocenters. The van der Waals surface area contributed by atoms with E-state index in [1.165, 1.54) is 77.0 Å². The van der Waals surface area contributed by atoms with Crippen LogP contribution in [0.1, 0.15) is 149 Å². The van der Waals surface area contributed by atoms with Crippen LogP contribution in [0.4, 0.5) is 0 Å². The van der Waals surface area contributed by atoms with Crippen molar-refractivity contribution in [3.05, 3.63) is 0 Å². The fourth-order valence-electron chi connectivity index (χ4n) is 3.88. The highest BCUT2D eigenvalue weighted by molar-refractivity contribution is 5.69. The Morgan fingerprint density at radius 3 is 1.50 bits per heavy atom. The second-order valence-electron chi connectivity index (χ2n) is 8.89. The SMILES string of the molecule is CCCCCCCCCCCCCCCCC(=O)OC(CCCC)CCCC(=O)O. The van der Waals surface area contributed by atoms with E-state index in [0.29, 0.717) is 19.3 Å². The zero-order valence-electron chi connectivity index (χ0n) is 20.1. The van der Waals surface area contributed by atoms with Crippen LogP contribution in [0.2, 0.25) is 0 Å². The van der Waals surface area contributed by atoms with Gasteiger partial charge in [0.15, 0.2) is 0 Å². The molecule has 4 heteroatoms. The number of carboxylic acids is 1. The van der Waals surface area contributed by atoms with Gasteiger partial charge in [-0.1, -0.05) is 110 Å². The standard InChI is InChI=1S/C26H50O4/c1-3-5-7-8-9-10-11-12-13-14-15-16-17-18-23-26(29)30-24(20-6-4-2)21-19-22-25(27)28/h24H,3-23H2,1-2H3,(H,27,28). The first kappa shape index (κ1) is 28.9. The van der Waals surface area contributed by atoms with Crippen LogP contribution in [-0.2, 0) is 14.3 Å². The van der Waals surface area contributed by atoms with Crippen LogP contribution >= 0.6 is 0 Å². The quantitative estimate of drug-likeness (QED) is 0.132. The fourth-order valence-corrected chi connectivity index (χ4v) is 3.88. The monoisotopic (exact) mass is 426 g/mol. The molecule has 30 heavy (non-hydrogen) atoms. The summed E-state index contributed by atoms with van der Waals surface area (Å²) in [4.78, 5) is 22.8.